The topological polar surface area (TPSA) is 23.5 Å². The van der Waals surface area contributed by atoms with Crippen molar-refractivity contribution in [3.8, 4) is 0 Å². The molecule has 2 aliphatic rings. The molecule has 1 unspecified atom stereocenters. The molecule has 0 aromatic rings. The van der Waals surface area contributed by atoms with Crippen LogP contribution in [0.4, 0.5) is 0 Å². The Kier molecular flexibility index (Phi) is 3.40. The van der Waals surface area contributed by atoms with Gasteiger partial charge in [0.15, 0.2) is 0 Å². The van der Waals surface area contributed by atoms with Crippen molar-refractivity contribution in [2.45, 2.75) is 50.7 Å². The molecule has 1 aliphatic carbocycles. The minimum Gasteiger partial charge on any atom is -0.388 e. The molecule has 0 amide bonds. The van der Waals surface area contributed by atoms with Crippen LogP contribution in [0.3, 0.4) is 0 Å². The molecule has 2 nitrogen and oxygen atoms in total. The summed E-state index contributed by atoms with van der Waals surface area (Å²) in [6.07, 6.45) is 5.75. The Balaban J connectivity index is 1.96. The van der Waals surface area contributed by atoms with E-state index in [0.717, 1.165) is 25.3 Å². The fraction of sp³-hybridized carbons (Fsp3) is 1.00. The third-order valence-corrected chi connectivity index (χ3v) is 4.81. The molecule has 0 radical (unpaired) electrons. The van der Waals surface area contributed by atoms with Crippen LogP contribution in [-0.2, 0) is 0 Å². The lowest BCUT2D eigenvalue weighted by atomic mass is 9.79. The van der Waals surface area contributed by atoms with Crippen molar-refractivity contribution in [3.63, 3.8) is 0 Å². The van der Waals surface area contributed by atoms with E-state index in [1.165, 1.54) is 25.0 Å². The van der Waals surface area contributed by atoms with Gasteiger partial charge in [0, 0.05) is 24.2 Å². The predicted molar refractivity (Wildman–Crippen MR) is 61.5 cm³/mol. The van der Waals surface area contributed by atoms with Crippen LogP contribution < -0.4 is 0 Å². The van der Waals surface area contributed by atoms with Crippen molar-refractivity contribution >= 4 is 11.8 Å². The van der Waals surface area contributed by atoms with Crippen LogP contribution in [0.5, 0.6) is 0 Å². The lowest BCUT2D eigenvalue weighted by Crippen LogP contribution is -2.51. The van der Waals surface area contributed by atoms with E-state index < -0.39 is 0 Å². The first-order chi connectivity index (χ1) is 6.72. The minimum atomic E-state index is -0.386. The average Bonchev–Trinajstić information content (AvgIpc) is 2.70. The predicted octanol–water partition coefficient (Wildman–Crippen LogP) is 2.08. The van der Waals surface area contributed by atoms with Gasteiger partial charge in [-0.15, -0.1) is 11.8 Å². The Labute approximate surface area is 91.1 Å². The Morgan fingerprint density at radius 1 is 1.29 bits per heavy atom. The van der Waals surface area contributed by atoms with Crippen molar-refractivity contribution in [1.29, 1.82) is 0 Å². The highest BCUT2D eigenvalue weighted by Crippen LogP contribution is 2.34. The quantitative estimate of drug-likeness (QED) is 0.763. The van der Waals surface area contributed by atoms with Gasteiger partial charge in [-0.3, -0.25) is 4.90 Å². The second-order valence-corrected chi connectivity index (χ2v) is 5.76. The summed E-state index contributed by atoms with van der Waals surface area (Å²) in [6.45, 7) is 3.37. The van der Waals surface area contributed by atoms with E-state index in [2.05, 4.69) is 11.8 Å². The van der Waals surface area contributed by atoms with Gasteiger partial charge in [-0.1, -0.05) is 19.3 Å². The van der Waals surface area contributed by atoms with E-state index in [1.807, 2.05) is 11.8 Å². The van der Waals surface area contributed by atoms with Gasteiger partial charge in [0.05, 0.1) is 5.60 Å². The van der Waals surface area contributed by atoms with Crippen LogP contribution in [-0.4, -0.2) is 39.8 Å². The molecule has 14 heavy (non-hydrogen) atoms. The first kappa shape index (κ1) is 10.8. The highest BCUT2D eigenvalue weighted by molar-refractivity contribution is 7.99. The standard InChI is InChI=1S/C11H21NOS/c1-10(12-7-8-14-9-12)11(13)5-3-2-4-6-11/h10,13H,2-9H2,1H3. The fourth-order valence-electron chi connectivity index (χ4n) is 2.66. The number of rotatable bonds is 2. The maximum absolute atomic E-state index is 10.5. The number of hydrogen-bond acceptors (Lipinski definition) is 3. The third-order valence-electron chi connectivity index (χ3n) is 3.82. The summed E-state index contributed by atoms with van der Waals surface area (Å²) in [5.41, 5.74) is -0.386. The molecule has 0 bridgehead atoms. The van der Waals surface area contributed by atoms with Gasteiger partial charge < -0.3 is 5.11 Å². The summed E-state index contributed by atoms with van der Waals surface area (Å²) >= 11 is 1.99. The first-order valence-corrected chi connectivity index (χ1v) is 6.92. The normalized spacial score (nSPS) is 30.4. The lowest BCUT2D eigenvalue weighted by Gasteiger charge is -2.41. The maximum Gasteiger partial charge on any atom is 0.0799 e. The molecule has 1 heterocycles. The third kappa shape index (κ3) is 2.10. The average molecular weight is 215 g/mol. The zero-order chi connectivity index (χ0) is 10.0. The van der Waals surface area contributed by atoms with Crippen LogP contribution in [0.15, 0.2) is 0 Å². The molecule has 0 spiro atoms. The monoisotopic (exact) mass is 215 g/mol. The van der Waals surface area contributed by atoms with Crippen LogP contribution >= 0.6 is 11.8 Å². The molecule has 82 valence electrons. The molecule has 2 rings (SSSR count). The van der Waals surface area contributed by atoms with Crippen molar-refractivity contribution < 1.29 is 5.11 Å². The van der Waals surface area contributed by atoms with E-state index in [1.54, 1.807) is 0 Å². The highest BCUT2D eigenvalue weighted by Gasteiger charge is 2.38. The minimum absolute atomic E-state index is 0.359. The van der Waals surface area contributed by atoms with Gasteiger partial charge in [-0.25, -0.2) is 0 Å². The van der Waals surface area contributed by atoms with E-state index in [0.29, 0.717) is 6.04 Å². The molecule has 0 aromatic carbocycles. The van der Waals surface area contributed by atoms with Crippen molar-refractivity contribution in [1.82, 2.24) is 4.90 Å². The van der Waals surface area contributed by atoms with Gasteiger partial charge in [0.25, 0.3) is 0 Å². The first-order valence-electron chi connectivity index (χ1n) is 5.76. The molecule has 1 N–H and O–H groups in total. The molecule has 3 heteroatoms. The fourth-order valence-corrected chi connectivity index (χ4v) is 3.74. The Morgan fingerprint density at radius 2 is 2.00 bits per heavy atom. The number of aliphatic hydroxyl groups is 1. The summed E-state index contributed by atoms with van der Waals surface area (Å²) < 4.78 is 0. The van der Waals surface area contributed by atoms with E-state index >= 15 is 0 Å². The molecular formula is C11H21NOS. The van der Waals surface area contributed by atoms with Crippen LogP contribution in [0.2, 0.25) is 0 Å². The van der Waals surface area contributed by atoms with Crippen LogP contribution in [0.1, 0.15) is 39.0 Å². The maximum atomic E-state index is 10.5. The lowest BCUT2D eigenvalue weighted by molar-refractivity contribution is -0.0585. The van der Waals surface area contributed by atoms with Crippen LogP contribution in [0, 0.1) is 0 Å². The molecule has 1 atom stereocenters. The van der Waals surface area contributed by atoms with E-state index in [9.17, 15) is 5.11 Å². The molecule has 0 aromatic heterocycles. The summed E-state index contributed by atoms with van der Waals surface area (Å²) in [6, 6.07) is 0.359. The van der Waals surface area contributed by atoms with Crippen molar-refractivity contribution in [2.75, 3.05) is 18.2 Å². The van der Waals surface area contributed by atoms with Crippen molar-refractivity contribution in [2.24, 2.45) is 0 Å². The summed E-state index contributed by atoms with van der Waals surface area (Å²) in [4.78, 5) is 2.44. The zero-order valence-electron chi connectivity index (χ0n) is 9.04. The summed E-state index contributed by atoms with van der Waals surface area (Å²) in [7, 11) is 0. The second-order valence-electron chi connectivity index (χ2n) is 4.69. The Morgan fingerprint density at radius 3 is 2.57 bits per heavy atom. The van der Waals surface area contributed by atoms with Gasteiger partial charge in [-0.05, 0) is 19.8 Å². The van der Waals surface area contributed by atoms with Gasteiger partial charge in [0.1, 0.15) is 0 Å². The molecule has 1 saturated carbocycles. The van der Waals surface area contributed by atoms with Gasteiger partial charge in [-0.2, -0.15) is 0 Å². The molecule has 1 aliphatic heterocycles. The molecule has 1 saturated heterocycles. The van der Waals surface area contributed by atoms with Gasteiger partial charge in [0.2, 0.25) is 0 Å². The smallest absolute Gasteiger partial charge is 0.0799 e. The highest BCUT2D eigenvalue weighted by atomic mass is 32.2. The van der Waals surface area contributed by atoms with Crippen molar-refractivity contribution in [3.05, 3.63) is 0 Å². The van der Waals surface area contributed by atoms with E-state index in [-0.39, 0.29) is 5.60 Å². The molecular weight excluding hydrogens is 194 g/mol. The van der Waals surface area contributed by atoms with Gasteiger partial charge >= 0.3 is 0 Å². The number of nitrogens with zero attached hydrogens (tertiary/aromatic N) is 1. The summed E-state index contributed by atoms with van der Waals surface area (Å²) in [5.74, 6) is 2.35. The molecule has 2 fully saturated rings. The van der Waals surface area contributed by atoms with Crippen LogP contribution in [0.25, 0.3) is 0 Å². The number of hydrogen-bond donors (Lipinski definition) is 1. The number of thioether (sulfide) groups is 1. The Bertz CT molecular complexity index is 186. The second kappa shape index (κ2) is 4.42. The Hall–Kier alpha value is 0.270. The SMILES string of the molecule is CC(N1CCSC1)C1(O)CCCCC1. The van der Waals surface area contributed by atoms with E-state index in [4.69, 9.17) is 0 Å². The largest absolute Gasteiger partial charge is 0.388 e. The summed E-state index contributed by atoms with van der Waals surface area (Å²) in [5, 5.41) is 10.5. The zero-order valence-corrected chi connectivity index (χ0v) is 9.85.